The van der Waals surface area contributed by atoms with Gasteiger partial charge in [0.05, 0.1) is 24.2 Å². The van der Waals surface area contributed by atoms with E-state index in [9.17, 15) is 74.4 Å². The first-order chi connectivity index (χ1) is 20.0. The van der Waals surface area contributed by atoms with Gasteiger partial charge in [-0.15, -0.1) is 0 Å². The van der Waals surface area contributed by atoms with Crippen molar-refractivity contribution in [1.29, 1.82) is 0 Å². The molecule has 0 amide bonds. The Labute approximate surface area is 250 Å². The number of rotatable bonds is 16. The van der Waals surface area contributed by atoms with E-state index in [0.29, 0.717) is 34.8 Å². The lowest BCUT2D eigenvalue weighted by atomic mass is 9.91. The molecule has 1 rings (SSSR count). The number of hydrogen-bond donors (Lipinski definition) is 0. The van der Waals surface area contributed by atoms with Crippen molar-refractivity contribution in [3.05, 3.63) is 34.0 Å². The normalized spacial score (nSPS) is 14.1. The van der Waals surface area contributed by atoms with Crippen LogP contribution in [0.3, 0.4) is 0 Å². The second-order valence-electron chi connectivity index (χ2n) is 9.36. The predicted octanol–water partition coefficient (Wildman–Crippen LogP) is 4.69. The van der Waals surface area contributed by atoms with Gasteiger partial charge < -0.3 is 17.8 Å². The van der Waals surface area contributed by atoms with E-state index < -0.39 is 80.8 Å². The third-order valence-corrected chi connectivity index (χ3v) is 9.95. The fourth-order valence-electron chi connectivity index (χ4n) is 2.49. The van der Waals surface area contributed by atoms with Crippen LogP contribution in [0.25, 0.3) is 4.13 Å². The highest BCUT2D eigenvalue weighted by molar-refractivity contribution is 8.13. The minimum Gasteiger partial charge on any atom is -0.465 e. The number of ether oxygens (including phenoxy) is 2. The van der Waals surface area contributed by atoms with Gasteiger partial charge in [0.15, 0.2) is 20.0 Å². The van der Waals surface area contributed by atoms with Gasteiger partial charge in [0.2, 0.25) is 0 Å². The van der Waals surface area contributed by atoms with Crippen LogP contribution in [0.15, 0.2) is 24.3 Å². The molecular weight excluding hydrogens is 709 g/mol. The minimum absolute atomic E-state index is 0.00327. The lowest BCUT2D eigenvalue weighted by Gasteiger charge is -2.35. The first-order valence-corrected chi connectivity index (χ1v) is 16.1. The van der Waals surface area contributed by atoms with E-state index in [1.165, 1.54) is 0 Å². The molecule has 0 bridgehead atoms. The van der Waals surface area contributed by atoms with Crippen LogP contribution in [-0.2, 0) is 44.4 Å². The highest BCUT2D eigenvalue weighted by Gasteiger charge is 2.81. The van der Waals surface area contributed by atoms with Crippen LogP contribution in [-0.4, -0.2) is 72.3 Å². The number of hydrogen-bond acceptors (Lipinski definition) is 11. The number of benzene rings is 1. The SMILES string of the molecule is CCC(C)(C)C(=O)OCCCCOC(=O)c1ccc(OS(=O)(=O)C(F)(F)C(F)(F)C(F)(F)S(=O)(=O)[N-]S(=O)(=O)C(F)(F)F)cc1. The largest absolute Gasteiger partial charge is 0.480 e. The van der Waals surface area contributed by atoms with Gasteiger partial charge in [-0.1, -0.05) is 6.92 Å². The van der Waals surface area contributed by atoms with Crippen molar-refractivity contribution in [2.75, 3.05) is 13.2 Å². The Hall–Kier alpha value is -2.86. The Kier molecular flexibility index (Phi) is 12.0. The summed E-state index contributed by atoms with van der Waals surface area (Å²) in [4.78, 5) is 23.9. The molecular formula is C21H23F9NO11S3-. The summed E-state index contributed by atoms with van der Waals surface area (Å²) in [6.45, 7) is 4.91. The molecule has 0 radical (unpaired) electrons. The third-order valence-electron chi connectivity index (χ3n) is 5.60. The average molecular weight is 733 g/mol. The van der Waals surface area contributed by atoms with E-state index in [0.717, 1.165) is 0 Å². The summed E-state index contributed by atoms with van der Waals surface area (Å²) in [6.07, 6.45) is 0.993. The van der Waals surface area contributed by atoms with Crippen molar-refractivity contribution >= 4 is 42.1 Å². The zero-order valence-electron chi connectivity index (χ0n) is 22.9. The van der Waals surface area contributed by atoms with E-state index >= 15 is 0 Å². The van der Waals surface area contributed by atoms with Crippen LogP contribution in [0.4, 0.5) is 39.5 Å². The number of sulfonamides is 2. The van der Waals surface area contributed by atoms with Crippen LogP contribution in [0, 0.1) is 5.41 Å². The molecule has 0 aliphatic carbocycles. The van der Waals surface area contributed by atoms with Crippen LogP contribution >= 0.6 is 0 Å². The van der Waals surface area contributed by atoms with Crippen molar-refractivity contribution in [3.63, 3.8) is 0 Å². The molecule has 0 spiro atoms. The number of esters is 2. The maximum absolute atomic E-state index is 14.2. The maximum atomic E-state index is 14.2. The summed E-state index contributed by atoms with van der Waals surface area (Å²) in [5.74, 6) is -10.6. The van der Waals surface area contributed by atoms with Gasteiger partial charge in [-0.2, -0.15) is 47.9 Å². The van der Waals surface area contributed by atoms with Gasteiger partial charge >= 0.3 is 44.0 Å². The van der Waals surface area contributed by atoms with Crippen molar-refractivity contribution in [1.82, 2.24) is 0 Å². The third kappa shape index (κ3) is 8.69. The summed E-state index contributed by atoms with van der Waals surface area (Å²) >= 11 is 0. The highest BCUT2D eigenvalue weighted by Crippen LogP contribution is 2.53. The molecule has 24 heteroatoms. The molecule has 1 aromatic rings. The van der Waals surface area contributed by atoms with Gasteiger partial charge in [0.1, 0.15) is 5.75 Å². The zero-order chi connectivity index (χ0) is 35.5. The molecule has 0 fully saturated rings. The molecule has 0 N–H and O–H groups in total. The summed E-state index contributed by atoms with van der Waals surface area (Å²) in [5.41, 5.74) is -7.87. The molecule has 0 aromatic heterocycles. The molecule has 0 atom stereocenters. The van der Waals surface area contributed by atoms with Gasteiger partial charge in [0, 0.05) is 0 Å². The zero-order valence-corrected chi connectivity index (χ0v) is 25.4. The van der Waals surface area contributed by atoms with E-state index in [-0.39, 0.29) is 26.1 Å². The smallest absolute Gasteiger partial charge is 0.465 e. The molecule has 0 unspecified atom stereocenters. The maximum Gasteiger partial charge on any atom is 0.480 e. The van der Waals surface area contributed by atoms with E-state index in [1.54, 1.807) is 20.8 Å². The Morgan fingerprint density at radius 2 is 1.20 bits per heavy atom. The number of unbranched alkanes of at least 4 members (excludes halogenated alkanes) is 1. The quantitative estimate of drug-likeness (QED) is 0.0997. The monoisotopic (exact) mass is 732 g/mol. The van der Waals surface area contributed by atoms with Gasteiger partial charge in [-0.25, -0.2) is 21.6 Å². The lowest BCUT2D eigenvalue weighted by Crippen LogP contribution is -2.61. The Bertz CT molecular complexity index is 1560. The number of alkyl halides is 9. The van der Waals surface area contributed by atoms with Gasteiger partial charge in [-0.3, -0.25) is 4.79 Å². The van der Waals surface area contributed by atoms with Gasteiger partial charge in [0.25, 0.3) is 0 Å². The number of nitrogens with zero attached hydrogens (tertiary/aromatic N) is 1. The molecule has 0 aliphatic rings. The van der Waals surface area contributed by atoms with Crippen LogP contribution in [0.2, 0.25) is 0 Å². The van der Waals surface area contributed by atoms with E-state index in [4.69, 9.17) is 9.47 Å². The van der Waals surface area contributed by atoms with Crippen molar-refractivity contribution < 1.29 is 88.0 Å². The van der Waals surface area contributed by atoms with Crippen molar-refractivity contribution in [2.45, 2.75) is 62.0 Å². The van der Waals surface area contributed by atoms with E-state index in [1.807, 2.05) is 0 Å². The van der Waals surface area contributed by atoms with Crippen LogP contribution < -0.4 is 4.18 Å². The number of carbonyl (C=O) groups is 2. The number of halogens is 9. The molecule has 0 saturated heterocycles. The van der Waals surface area contributed by atoms with Gasteiger partial charge in [-0.05, 0) is 57.4 Å². The summed E-state index contributed by atoms with van der Waals surface area (Å²) in [6, 6.07) is 2.02. The molecule has 1 aromatic carbocycles. The van der Waals surface area contributed by atoms with Crippen LogP contribution in [0.1, 0.15) is 50.4 Å². The summed E-state index contributed by atoms with van der Waals surface area (Å²) in [7, 11) is -22.9. The Balaban J connectivity index is 2.97. The minimum atomic E-state index is -8.05. The second kappa shape index (κ2) is 13.5. The molecule has 0 heterocycles. The molecule has 260 valence electrons. The summed E-state index contributed by atoms with van der Waals surface area (Å²) in [5, 5.41) is -14.8. The summed E-state index contributed by atoms with van der Waals surface area (Å²) < 4.78 is 203. The lowest BCUT2D eigenvalue weighted by molar-refractivity contribution is -0.245. The Morgan fingerprint density at radius 1 is 0.733 bits per heavy atom. The first-order valence-electron chi connectivity index (χ1n) is 11.8. The van der Waals surface area contributed by atoms with Crippen LogP contribution in [0.5, 0.6) is 5.75 Å². The molecule has 0 aliphatic heterocycles. The average Bonchev–Trinajstić information content (AvgIpc) is 2.88. The second-order valence-corrected chi connectivity index (χ2v) is 14.4. The topological polar surface area (TPSA) is 178 Å². The standard InChI is InChI=1S/C21H23F9NO11S3/c1-4-17(2,3)16(33)41-12-6-5-11-40-15(32)13-7-9-14(10-8-13)42-45(38,39)20(26,27)18(22,23)19(24,25)43(34,35)31-44(36,37)21(28,29)30/h7-10H,4-6,11-12H2,1-3H3/q-1. The fourth-order valence-corrected chi connectivity index (χ4v) is 5.66. The van der Waals surface area contributed by atoms with E-state index in [2.05, 4.69) is 4.18 Å². The molecule has 0 saturated carbocycles. The first kappa shape index (κ1) is 40.2. The molecule has 12 nitrogen and oxygen atoms in total. The molecule has 45 heavy (non-hydrogen) atoms. The number of carbonyl (C=O) groups excluding carboxylic acids is 2. The predicted molar refractivity (Wildman–Crippen MR) is 133 cm³/mol. The van der Waals surface area contributed by atoms with Crippen molar-refractivity contribution in [3.8, 4) is 5.75 Å². The highest BCUT2D eigenvalue weighted by atomic mass is 32.3. The fraction of sp³-hybridized carbons (Fsp3) is 0.619. The van der Waals surface area contributed by atoms with Crippen molar-refractivity contribution in [2.24, 2.45) is 5.41 Å². The Morgan fingerprint density at radius 3 is 1.64 bits per heavy atom.